The zero-order valence-corrected chi connectivity index (χ0v) is 26.5. The third-order valence-electron chi connectivity index (χ3n) is 6.93. The topological polar surface area (TPSA) is 79.1 Å². The maximum Gasteiger partial charge on any atom is 0.338 e. The van der Waals surface area contributed by atoms with Gasteiger partial charge in [0.25, 0.3) is 5.56 Å². The molecule has 42 heavy (non-hydrogen) atoms. The third kappa shape index (κ3) is 5.98. The van der Waals surface area contributed by atoms with Crippen LogP contribution in [-0.4, -0.2) is 24.3 Å². The first-order valence-electron chi connectivity index (χ1n) is 13.5. The summed E-state index contributed by atoms with van der Waals surface area (Å²) in [6, 6.07) is 19.0. The van der Waals surface area contributed by atoms with Crippen LogP contribution in [0.4, 0.5) is 0 Å². The van der Waals surface area contributed by atoms with Gasteiger partial charge in [-0.25, -0.2) is 9.79 Å². The van der Waals surface area contributed by atoms with Crippen LogP contribution >= 0.6 is 27.3 Å². The maximum absolute atomic E-state index is 13.9. The van der Waals surface area contributed by atoms with Gasteiger partial charge in [0.05, 0.1) is 40.0 Å². The van der Waals surface area contributed by atoms with E-state index in [0.29, 0.717) is 43.2 Å². The molecular formula is C33H31BrN2O5S. The minimum absolute atomic E-state index is 0.224. The maximum atomic E-state index is 13.9. The smallest absolute Gasteiger partial charge is 0.338 e. The van der Waals surface area contributed by atoms with Crippen LogP contribution in [-0.2, 0) is 16.1 Å². The molecule has 0 N–H and O–H groups in total. The fraction of sp³-hybridized carbons (Fsp3) is 0.242. The first kappa shape index (κ1) is 29.5. The predicted molar refractivity (Wildman–Crippen MR) is 168 cm³/mol. The predicted octanol–water partition coefficient (Wildman–Crippen LogP) is 5.77. The molecule has 5 rings (SSSR count). The van der Waals surface area contributed by atoms with E-state index in [9.17, 15) is 9.59 Å². The van der Waals surface area contributed by atoms with E-state index >= 15 is 0 Å². The van der Waals surface area contributed by atoms with Gasteiger partial charge in [0.1, 0.15) is 6.61 Å². The molecule has 0 unspecified atom stereocenters. The molecule has 1 atom stereocenters. The average Bonchev–Trinajstić information content (AvgIpc) is 3.26. The molecule has 0 saturated heterocycles. The largest absolute Gasteiger partial charge is 0.493 e. The van der Waals surface area contributed by atoms with Crippen molar-refractivity contribution in [2.45, 2.75) is 40.3 Å². The van der Waals surface area contributed by atoms with Crippen molar-refractivity contribution in [2.24, 2.45) is 4.99 Å². The fourth-order valence-electron chi connectivity index (χ4n) is 4.93. The zero-order valence-electron chi connectivity index (χ0n) is 24.1. The average molecular weight is 648 g/mol. The van der Waals surface area contributed by atoms with Gasteiger partial charge in [-0.1, -0.05) is 71.0 Å². The van der Waals surface area contributed by atoms with Crippen molar-refractivity contribution >= 4 is 39.3 Å². The lowest BCUT2D eigenvalue weighted by Gasteiger charge is -2.24. The van der Waals surface area contributed by atoms with E-state index in [0.717, 1.165) is 27.8 Å². The second kappa shape index (κ2) is 12.5. The molecule has 7 nitrogen and oxygen atoms in total. The van der Waals surface area contributed by atoms with Gasteiger partial charge in [-0.3, -0.25) is 9.36 Å². The van der Waals surface area contributed by atoms with E-state index in [4.69, 9.17) is 14.2 Å². The molecule has 1 aliphatic rings. The van der Waals surface area contributed by atoms with Gasteiger partial charge in [-0.2, -0.15) is 0 Å². The summed E-state index contributed by atoms with van der Waals surface area (Å²) in [7, 11) is 1.58. The number of carbonyl (C=O) groups excluding carboxylic acids is 1. The molecule has 0 amide bonds. The van der Waals surface area contributed by atoms with Crippen LogP contribution in [0.25, 0.3) is 6.08 Å². The van der Waals surface area contributed by atoms with E-state index < -0.39 is 12.0 Å². The molecular weight excluding hydrogens is 616 g/mol. The van der Waals surface area contributed by atoms with Gasteiger partial charge in [0.2, 0.25) is 0 Å². The lowest BCUT2D eigenvalue weighted by molar-refractivity contribution is -0.139. The number of methoxy groups -OCH3 is 1. The summed E-state index contributed by atoms with van der Waals surface area (Å²) in [5.41, 5.74) is 5.50. The number of carbonyl (C=O) groups is 1. The Morgan fingerprint density at radius 1 is 1.07 bits per heavy atom. The molecule has 1 aliphatic heterocycles. The molecule has 3 aromatic carbocycles. The Labute approximate surface area is 256 Å². The van der Waals surface area contributed by atoms with Crippen LogP contribution in [0.5, 0.6) is 11.5 Å². The molecule has 0 bridgehead atoms. The fourth-order valence-corrected chi connectivity index (χ4v) is 6.55. The van der Waals surface area contributed by atoms with Crippen LogP contribution in [0, 0.1) is 13.8 Å². The van der Waals surface area contributed by atoms with E-state index in [2.05, 4.69) is 27.0 Å². The van der Waals surface area contributed by atoms with E-state index in [1.54, 1.807) is 31.6 Å². The number of hydrogen-bond acceptors (Lipinski definition) is 7. The summed E-state index contributed by atoms with van der Waals surface area (Å²) >= 11 is 4.90. The Kier molecular flexibility index (Phi) is 8.80. The molecule has 1 aromatic heterocycles. The Morgan fingerprint density at radius 2 is 1.83 bits per heavy atom. The van der Waals surface area contributed by atoms with Crippen molar-refractivity contribution in [1.29, 1.82) is 0 Å². The number of nitrogens with zero attached hydrogens (tertiary/aromatic N) is 2. The number of rotatable bonds is 8. The Balaban J connectivity index is 1.57. The SMILES string of the molecule is CCOC(=O)C1=C(C)N=c2s/c(=C/c3cc(Br)c(OCc4cccc(C)c4)c(OC)c3)c(=O)n2[C@H]1c1ccc(C)cc1. The zero-order chi connectivity index (χ0) is 30.0. The highest BCUT2D eigenvalue weighted by atomic mass is 79.9. The quantitative estimate of drug-likeness (QED) is 0.227. The summed E-state index contributed by atoms with van der Waals surface area (Å²) < 4.78 is 19.9. The molecule has 0 aliphatic carbocycles. The van der Waals surface area contributed by atoms with Gasteiger partial charge < -0.3 is 14.2 Å². The molecule has 0 fully saturated rings. The summed E-state index contributed by atoms with van der Waals surface area (Å²) in [5, 5.41) is 0. The number of benzene rings is 3. The normalized spacial score (nSPS) is 14.8. The van der Waals surface area contributed by atoms with Crippen molar-refractivity contribution in [3.8, 4) is 11.5 Å². The third-order valence-corrected chi connectivity index (χ3v) is 8.50. The highest BCUT2D eigenvalue weighted by Crippen LogP contribution is 2.37. The molecule has 0 spiro atoms. The van der Waals surface area contributed by atoms with Gasteiger partial charge in [0, 0.05) is 0 Å². The van der Waals surface area contributed by atoms with Crippen LogP contribution in [0.3, 0.4) is 0 Å². The number of aryl methyl sites for hydroxylation is 2. The first-order chi connectivity index (χ1) is 20.2. The number of thiazole rings is 1. The Hall–Kier alpha value is -3.95. The van der Waals surface area contributed by atoms with Crippen molar-refractivity contribution in [1.82, 2.24) is 4.57 Å². The van der Waals surface area contributed by atoms with Crippen LogP contribution in [0.2, 0.25) is 0 Å². The van der Waals surface area contributed by atoms with Crippen molar-refractivity contribution in [3.05, 3.63) is 124 Å². The van der Waals surface area contributed by atoms with Crippen molar-refractivity contribution in [3.63, 3.8) is 0 Å². The summed E-state index contributed by atoms with van der Waals surface area (Å²) in [6.45, 7) is 8.18. The summed E-state index contributed by atoms with van der Waals surface area (Å²) in [5.74, 6) is 0.634. The highest BCUT2D eigenvalue weighted by Gasteiger charge is 2.33. The summed E-state index contributed by atoms with van der Waals surface area (Å²) in [6.07, 6.45) is 1.80. The number of allylic oxidation sites excluding steroid dienone is 1. The highest BCUT2D eigenvalue weighted by molar-refractivity contribution is 9.10. The summed E-state index contributed by atoms with van der Waals surface area (Å²) in [4.78, 5) is 32.2. The van der Waals surface area contributed by atoms with Gasteiger partial charge in [-0.05, 0) is 78.5 Å². The number of esters is 1. The van der Waals surface area contributed by atoms with Crippen molar-refractivity contribution < 1.29 is 19.0 Å². The second-order valence-corrected chi connectivity index (χ2v) is 11.9. The standard InChI is InChI=1S/C33H31BrN2O5S/c1-6-40-32(38)28-21(4)35-33-36(29(28)24-12-10-19(2)11-13-24)31(37)27(42-33)17-23-15-25(34)30(26(16-23)39-5)41-18-22-9-7-8-20(3)14-22/h7-17,29H,6,18H2,1-5H3/b27-17+/t29-/m0/s1. The van der Waals surface area contributed by atoms with Gasteiger partial charge >= 0.3 is 5.97 Å². The van der Waals surface area contributed by atoms with E-state index in [1.807, 2.05) is 68.4 Å². The van der Waals surface area contributed by atoms with Gasteiger partial charge in [0.15, 0.2) is 16.3 Å². The number of fused-ring (bicyclic) bond motifs is 1. The van der Waals surface area contributed by atoms with E-state index in [-0.39, 0.29) is 12.2 Å². The number of hydrogen-bond donors (Lipinski definition) is 0. The van der Waals surface area contributed by atoms with Crippen LogP contribution in [0.15, 0.2) is 86.2 Å². The Morgan fingerprint density at radius 3 is 2.52 bits per heavy atom. The van der Waals surface area contributed by atoms with Crippen LogP contribution in [0.1, 0.15) is 47.7 Å². The van der Waals surface area contributed by atoms with Crippen molar-refractivity contribution in [2.75, 3.05) is 13.7 Å². The molecule has 9 heteroatoms. The number of halogens is 1. The molecule has 4 aromatic rings. The van der Waals surface area contributed by atoms with Crippen LogP contribution < -0.4 is 24.4 Å². The molecule has 216 valence electrons. The minimum atomic E-state index is -0.651. The number of aromatic nitrogens is 1. The second-order valence-electron chi connectivity index (χ2n) is 10.0. The molecule has 0 saturated carbocycles. The first-order valence-corrected chi connectivity index (χ1v) is 15.1. The minimum Gasteiger partial charge on any atom is -0.493 e. The lowest BCUT2D eigenvalue weighted by atomic mass is 9.95. The molecule has 2 heterocycles. The monoisotopic (exact) mass is 646 g/mol. The lowest BCUT2D eigenvalue weighted by Crippen LogP contribution is -2.39. The number of ether oxygens (including phenoxy) is 3. The Bertz CT molecular complexity index is 1870. The van der Waals surface area contributed by atoms with E-state index in [1.165, 1.54) is 11.3 Å². The molecule has 0 radical (unpaired) electrons. The van der Waals surface area contributed by atoms with Gasteiger partial charge in [-0.15, -0.1) is 0 Å².